The predicted molar refractivity (Wildman–Crippen MR) is 136 cm³/mol. The molecular formula is C26H29N5O2S. The average molecular weight is 476 g/mol. The fourth-order valence-electron chi connectivity index (χ4n) is 3.93. The summed E-state index contributed by atoms with van der Waals surface area (Å²) in [7, 11) is 1.59. The Hall–Kier alpha value is -3.39. The number of carbonyl (C=O) groups is 1. The van der Waals surface area contributed by atoms with Gasteiger partial charge in [-0.25, -0.2) is 9.50 Å². The van der Waals surface area contributed by atoms with Crippen molar-refractivity contribution in [1.82, 2.24) is 19.6 Å². The molecule has 0 aliphatic rings. The molecule has 1 amide bonds. The molecule has 2 heterocycles. The Labute approximate surface area is 204 Å². The lowest BCUT2D eigenvalue weighted by atomic mass is 10.0. The van der Waals surface area contributed by atoms with Gasteiger partial charge in [-0.15, -0.1) is 5.10 Å². The second-order valence-electron chi connectivity index (χ2n) is 8.24. The van der Waals surface area contributed by atoms with E-state index in [9.17, 15) is 4.79 Å². The number of methoxy groups -OCH3 is 1. The number of aryl methyl sites for hydroxylation is 3. The van der Waals surface area contributed by atoms with Crippen molar-refractivity contribution in [2.24, 2.45) is 0 Å². The van der Waals surface area contributed by atoms with Crippen molar-refractivity contribution in [3.05, 3.63) is 76.6 Å². The van der Waals surface area contributed by atoms with Crippen molar-refractivity contribution >= 4 is 29.1 Å². The third-order valence-corrected chi connectivity index (χ3v) is 6.98. The minimum Gasteiger partial charge on any atom is -0.495 e. The van der Waals surface area contributed by atoms with E-state index in [1.807, 2.05) is 45.0 Å². The van der Waals surface area contributed by atoms with Crippen LogP contribution in [-0.4, -0.2) is 37.8 Å². The second-order valence-corrected chi connectivity index (χ2v) is 9.41. The van der Waals surface area contributed by atoms with Crippen LogP contribution < -0.4 is 10.1 Å². The average Bonchev–Trinajstić information content (AvgIpc) is 3.23. The summed E-state index contributed by atoms with van der Waals surface area (Å²) in [5.41, 5.74) is 6.21. The lowest BCUT2D eigenvalue weighted by Crippen LogP contribution is -2.25. The monoisotopic (exact) mass is 475 g/mol. The maximum absolute atomic E-state index is 13.0. The van der Waals surface area contributed by atoms with Gasteiger partial charge in [0.05, 0.1) is 18.0 Å². The molecule has 4 rings (SSSR count). The largest absolute Gasteiger partial charge is 0.495 e. The normalized spacial score (nSPS) is 12.0. The highest BCUT2D eigenvalue weighted by atomic mass is 32.2. The first kappa shape index (κ1) is 23.8. The number of rotatable bonds is 8. The number of nitrogens with zero attached hydrogens (tertiary/aromatic N) is 4. The van der Waals surface area contributed by atoms with Crippen molar-refractivity contribution in [3.63, 3.8) is 0 Å². The summed E-state index contributed by atoms with van der Waals surface area (Å²) in [5.74, 6) is 1.06. The summed E-state index contributed by atoms with van der Waals surface area (Å²) in [6.07, 6.45) is 1.41. The Morgan fingerprint density at radius 3 is 2.65 bits per heavy atom. The zero-order valence-electron chi connectivity index (χ0n) is 20.1. The molecule has 4 aromatic rings. The quantitative estimate of drug-likeness (QED) is 0.355. The van der Waals surface area contributed by atoms with Crippen LogP contribution in [0.4, 0.5) is 5.69 Å². The third-order valence-electron chi connectivity index (χ3n) is 5.77. The Bertz CT molecular complexity index is 1330. The fourth-order valence-corrected chi connectivity index (χ4v) is 4.78. The van der Waals surface area contributed by atoms with Gasteiger partial charge in [-0.1, -0.05) is 60.6 Å². The van der Waals surface area contributed by atoms with Crippen LogP contribution in [0.2, 0.25) is 0 Å². The third kappa shape index (κ3) is 5.07. The first-order valence-corrected chi connectivity index (χ1v) is 12.2. The van der Waals surface area contributed by atoms with Crippen molar-refractivity contribution < 1.29 is 9.53 Å². The maximum atomic E-state index is 13.0. The Kier molecular flexibility index (Phi) is 7.17. The molecule has 2 aromatic heterocycles. The number of anilines is 1. The van der Waals surface area contributed by atoms with E-state index in [0.717, 1.165) is 23.4 Å². The lowest BCUT2D eigenvalue weighted by Gasteiger charge is -2.14. The number of aromatic nitrogens is 4. The van der Waals surface area contributed by atoms with Crippen LogP contribution in [-0.2, 0) is 11.2 Å². The highest BCUT2D eigenvalue weighted by molar-refractivity contribution is 8.00. The van der Waals surface area contributed by atoms with E-state index in [1.165, 1.54) is 22.9 Å². The first-order chi connectivity index (χ1) is 16.4. The van der Waals surface area contributed by atoms with Gasteiger partial charge in [0.15, 0.2) is 0 Å². The highest BCUT2D eigenvalue weighted by Gasteiger charge is 2.23. The molecule has 0 spiro atoms. The molecule has 1 atom stereocenters. The molecule has 2 aromatic carbocycles. The van der Waals surface area contributed by atoms with E-state index < -0.39 is 0 Å². The van der Waals surface area contributed by atoms with Gasteiger partial charge in [-0.05, 0) is 50.5 Å². The summed E-state index contributed by atoms with van der Waals surface area (Å²) >= 11 is 1.35. The lowest BCUT2D eigenvalue weighted by molar-refractivity contribution is -0.115. The van der Waals surface area contributed by atoms with Crippen LogP contribution in [0.1, 0.15) is 41.4 Å². The number of ether oxygens (including phenoxy) is 1. The van der Waals surface area contributed by atoms with Crippen LogP contribution in [0, 0.1) is 20.8 Å². The summed E-state index contributed by atoms with van der Waals surface area (Å²) in [6.45, 7) is 8.12. The van der Waals surface area contributed by atoms with Crippen LogP contribution >= 0.6 is 11.8 Å². The number of hydrogen-bond acceptors (Lipinski definition) is 6. The van der Waals surface area contributed by atoms with Gasteiger partial charge in [0, 0.05) is 17.8 Å². The number of hydrogen-bond donors (Lipinski definition) is 1. The Morgan fingerprint density at radius 2 is 1.91 bits per heavy atom. The first-order valence-electron chi connectivity index (χ1n) is 11.3. The molecule has 0 aliphatic carbocycles. The molecule has 0 radical (unpaired) electrons. The van der Waals surface area contributed by atoms with Gasteiger partial charge in [0.1, 0.15) is 5.75 Å². The Morgan fingerprint density at radius 1 is 1.12 bits per heavy atom. The van der Waals surface area contributed by atoms with Gasteiger partial charge < -0.3 is 10.1 Å². The summed E-state index contributed by atoms with van der Waals surface area (Å²) in [5, 5.41) is 7.83. The number of amides is 1. The predicted octanol–water partition coefficient (Wildman–Crippen LogP) is 5.16. The highest BCUT2D eigenvalue weighted by Crippen LogP contribution is 2.28. The Balaban J connectivity index is 1.57. The van der Waals surface area contributed by atoms with E-state index in [0.29, 0.717) is 28.8 Å². The number of nitrogens with one attached hydrogen (secondary N) is 1. The minimum atomic E-state index is -0.351. The number of thioether (sulfide) groups is 1. The van der Waals surface area contributed by atoms with E-state index in [1.54, 1.807) is 11.6 Å². The SMILES string of the molecule is CCC(Sc1nc2nc(C)c(Cc3cccc(C)c3)c(C)n2n1)C(=O)Nc1ccccc1OC. The molecule has 0 saturated heterocycles. The summed E-state index contributed by atoms with van der Waals surface area (Å²) < 4.78 is 7.13. The molecule has 1 N–H and O–H groups in total. The summed E-state index contributed by atoms with van der Waals surface area (Å²) in [6, 6.07) is 15.9. The summed E-state index contributed by atoms with van der Waals surface area (Å²) in [4.78, 5) is 22.3. The number of fused-ring (bicyclic) bond motifs is 1. The van der Waals surface area contributed by atoms with E-state index in [-0.39, 0.29) is 11.2 Å². The molecule has 34 heavy (non-hydrogen) atoms. The smallest absolute Gasteiger partial charge is 0.253 e. The minimum absolute atomic E-state index is 0.114. The maximum Gasteiger partial charge on any atom is 0.253 e. The fraction of sp³-hybridized carbons (Fsp3) is 0.308. The van der Waals surface area contributed by atoms with Gasteiger partial charge >= 0.3 is 0 Å². The molecule has 7 nitrogen and oxygen atoms in total. The zero-order valence-corrected chi connectivity index (χ0v) is 20.9. The van der Waals surface area contributed by atoms with Crippen LogP contribution in [0.15, 0.2) is 53.7 Å². The second kappa shape index (κ2) is 10.3. The van der Waals surface area contributed by atoms with E-state index >= 15 is 0 Å². The van der Waals surface area contributed by atoms with E-state index in [2.05, 4.69) is 46.6 Å². The number of benzene rings is 2. The molecular weight excluding hydrogens is 446 g/mol. The van der Waals surface area contributed by atoms with Crippen molar-refractivity contribution in [2.45, 2.75) is 50.9 Å². The molecule has 0 saturated carbocycles. The topological polar surface area (TPSA) is 81.4 Å². The van der Waals surface area contributed by atoms with Crippen LogP contribution in [0.5, 0.6) is 5.75 Å². The number of carbonyl (C=O) groups excluding carboxylic acids is 1. The van der Waals surface area contributed by atoms with Gasteiger partial charge in [-0.3, -0.25) is 4.79 Å². The van der Waals surface area contributed by atoms with E-state index in [4.69, 9.17) is 9.72 Å². The van der Waals surface area contributed by atoms with Crippen LogP contribution in [0.25, 0.3) is 5.78 Å². The van der Waals surface area contributed by atoms with Gasteiger partial charge in [-0.2, -0.15) is 4.98 Å². The molecule has 8 heteroatoms. The van der Waals surface area contributed by atoms with Crippen molar-refractivity contribution in [2.75, 3.05) is 12.4 Å². The number of para-hydroxylation sites is 2. The molecule has 176 valence electrons. The van der Waals surface area contributed by atoms with Crippen molar-refractivity contribution in [3.8, 4) is 5.75 Å². The molecule has 0 bridgehead atoms. The molecule has 0 aliphatic heterocycles. The van der Waals surface area contributed by atoms with Gasteiger partial charge in [0.2, 0.25) is 11.1 Å². The standard InChI is InChI=1S/C26H29N5O2S/c1-6-23(24(32)28-21-12-7-8-13-22(21)33-5)34-26-29-25-27-17(3)20(18(4)31(25)30-26)15-19-11-9-10-16(2)14-19/h7-14,23H,6,15H2,1-5H3,(H,28,32). The van der Waals surface area contributed by atoms with Gasteiger partial charge in [0.25, 0.3) is 5.78 Å². The zero-order chi connectivity index (χ0) is 24.2. The molecule has 1 unspecified atom stereocenters. The van der Waals surface area contributed by atoms with Crippen LogP contribution in [0.3, 0.4) is 0 Å². The molecule has 0 fully saturated rings. The van der Waals surface area contributed by atoms with Crippen molar-refractivity contribution in [1.29, 1.82) is 0 Å².